The molecule has 3 nitrogen and oxygen atoms in total. The molecule has 23 heavy (non-hydrogen) atoms. The fraction of sp³-hybridized carbons (Fsp3) is 0.421. The molecule has 0 saturated heterocycles. The fourth-order valence-electron chi connectivity index (χ4n) is 2.48. The molecule has 124 valence electrons. The van der Waals surface area contributed by atoms with Gasteiger partial charge in [0.1, 0.15) is 5.75 Å². The van der Waals surface area contributed by atoms with Gasteiger partial charge in [0.05, 0.1) is 4.91 Å². The summed E-state index contributed by atoms with van der Waals surface area (Å²) >= 11 is 1.40. The van der Waals surface area contributed by atoms with E-state index >= 15 is 0 Å². The Hall–Kier alpha value is -1.68. The summed E-state index contributed by atoms with van der Waals surface area (Å²) in [6, 6.07) is 3.95. The molecule has 0 aliphatic carbocycles. The van der Waals surface area contributed by atoms with Gasteiger partial charge >= 0.3 is 0 Å². The highest BCUT2D eigenvalue weighted by Gasteiger charge is 2.26. The van der Waals surface area contributed by atoms with Gasteiger partial charge in [0.25, 0.3) is 5.91 Å². The lowest BCUT2D eigenvalue weighted by Crippen LogP contribution is -2.20. The highest BCUT2D eigenvalue weighted by Crippen LogP contribution is 2.40. The molecule has 1 aromatic carbocycles. The summed E-state index contributed by atoms with van der Waals surface area (Å²) in [5.74, 6) is 0.257. The number of phenols is 1. The van der Waals surface area contributed by atoms with Crippen molar-refractivity contribution in [2.45, 2.75) is 52.4 Å². The Labute approximate surface area is 142 Å². The fourth-order valence-corrected chi connectivity index (χ4v) is 3.13. The predicted octanol–water partition coefficient (Wildman–Crippen LogP) is 4.66. The summed E-state index contributed by atoms with van der Waals surface area (Å²) in [6.45, 7) is 12.5. The Balaban J connectivity index is 2.63. The lowest BCUT2D eigenvalue weighted by atomic mass is 9.78. The Morgan fingerprint density at radius 3 is 2.00 bits per heavy atom. The molecular weight excluding hydrogens is 306 g/mol. The van der Waals surface area contributed by atoms with Crippen molar-refractivity contribution in [1.29, 1.82) is 0 Å². The van der Waals surface area contributed by atoms with Gasteiger partial charge in [0.2, 0.25) is 0 Å². The molecule has 2 rings (SSSR count). The smallest absolute Gasteiger partial charge is 0.261 e. The molecule has 0 bridgehead atoms. The lowest BCUT2D eigenvalue weighted by molar-refractivity contribution is -0.115. The highest BCUT2D eigenvalue weighted by atomic mass is 32.2. The van der Waals surface area contributed by atoms with Crippen molar-refractivity contribution < 1.29 is 9.90 Å². The van der Waals surface area contributed by atoms with Crippen LogP contribution in [0.4, 0.5) is 0 Å². The van der Waals surface area contributed by atoms with Crippen molar-refractivity contribution in [2.24, 2.45) is 0 Å². The number of rotatable bonds is 1. The molecule has 0 atom stereocenters. The first-order chi connectivity index (χ1) is 10.5. The molecule has 2 N–H and O–H groups in total. The zero-order chi connectivity index (χ0) is 17.4. The Morgan fingerprint density at radius 2 is 1.57 bits per heavy atom. The zero-order valence-corrected chi connectivity index (χ0v) is 15.5. The quantitative estimate of drug-likeness (QED) is 0.736. The van der Waals surface area contributed by atoms with E-state index in [1.165, 1.54) is 11.8 Å². The van der Waals surface area contributed by atoms with Crippen LogP contribution in [0.5, 0.6) is 5.75 Å². The minimum absolute atomic E-state index is 0.0970. The Morgan fingerprint density at radius 1 is 1.04 bits per heavy atom. The maximum absolute atomic E-state index is 11.9. The maximum Gasteiger partial charge on any atom is 0.261 e. The van der Waals surface area contributed by atoms with Crippen LogP contribution < -0.4 is 5.32 Å². The summed E-state index contributed by atoms with van der Waals surface area (Å²) in [6.07, 6.45) is 3.52. The number of thioether (sulfide) groups is 1. The van der Waals surface area contributed by atoms with E-state index < -0.39 is 0 Å². The SMILES string of the molecule is CC(C)(C)c1cc(C=C2SC=CNC2=O)cc(C(C)(C)C)c1O. The normalized spacial score (nSPS) is 17.5. The van der Waals surface area contributed by atoms with E-state index in [1.807, 2.05) is 23.6 Å². The molecule has 4 heteroatoms. The first-order valence-electron chi connectivity index (χ1n) is 7.72. The van der Waals surface area contributed by atoms with Crippen LogP contribution in [0.2, 0.25) is 0 Å². The molecule has 1 aromatic rings. The van der Waals surface area contributed by atoms with Gasteiger partial charge in [-0.15, -0.1) is 0 Å². The number of phenolic OH excluding ortho intramolecular Hbond substituents is 1. The summed E-state index contributed by atoms with van der Waals surface area (Å²) in [7, 11) is 0. The van der Waals surface area contributed by atoms with Gasteiger partial charge in [0.15, 0.2) is 0 Å². The molecular formula is C19H25NO2S. The minimum Gasteiger partial charge on any atom is -0.507 e. The van der Waals surface area contributed by atoms with Gasteiger partial charge in [-0.05, 0) is 40.0 Å². The molecule has 1 amide bonds. The number of nitrogens with one attached hydrogen (secondary N) is 1. The first kappa shape index (κ1) is 17.7. The molecule has 1 aliphatic rings. The van der Waals surface area contributed by atoms with Crippen LogP contribution in [0.1, 0.15) is 58.2 Å². The zero-order valence-electron chi connectivity index (χ0n) is 14.7. The second kappa shape index (κ2) is 6.08. The van der Waals surface area contributed by atoms with E-state index in [-0.39, 0.29) is 16.7 Å². The Kier molecular flexibility index (Phi) is 4.67. The van der Waals surface area contributed by atoms with Gasteiger partial charge in [-0.3, -0.25) is 4.79 Å². The van der Waals surface area contributed by atoms with E-state index in [9.17, 15) is 9.90 Å². The summed E-state index contributed by atoms with van der Waals surface area (Å²) in [5, 5.41) is 15.3. The topological polar surface area (TPSA) is 49.3 Å². The first-order valence-corrected chi connectivity index (χ1v) is 8.60. The standard InChI is InChI=1S/C19H25NO2S/c1-18(2,3)13-9-12(10-14(16(13)21)19(4,5)6)11-15-17(22)20-7-8-23-15/h7-11,21H,1-6H3,(H,20,22). The van der Waals surface area contributed by atoms with Gasteiger partial charge < -0.3 is 10.4 Å². The van der Waals surface area contributed by atoms with E-state index in [2.05, 4.69) is 46.9 Å². The van der Waals surface area contributed by atoms with Crippen LogP contribution in [0, 0.1) is 0 Å². The lowest BCUT2D eigenvalue weighted by Gasteiger charge is -2.28. The molecule has 0 aromatic heterocycles. The van der Waals surface area contributed by atoms with Gasteiger partial charge in [0, 0.05) is 17.3 Å². The highest BCUT2D eigenvalue weighted by molar-refractivity contribution is 8.06. The van der Waals surface area contributed by atoms with Crippen LogP contribution in [0.25, 0.3) is 6.08 Å². The van der Waals surface area contributed by atoms with Crippen molar-refractivity contribution in [3.63, 3.8) is 0 Å². The van der Waals surface area contributed by atoms with E-state index in [0.717, 1.165) is 16.7 Å². The number of carbonyl (C=O) groups excluding carboxylic acids is 1. The van der Waals surface area contributed by atoms with Crippen molar-refractivity contribution in [1.82, 2.24) is 5.32 Å². The Bertz CT molecular complexity index is 653. The largest absolute Gasteiger partial charge is 0.507 e. The average molecular weight is 331 g/mol. The number of aromatic hydroxyl groups is 1. The van der Waals surface area contributed by atoms with Crippen molar-refractivity contribution in [2.75, 3.05) is 0 Å². The van der Waals surface area contributed by atoms with Crippen LogP contribution >= 0.6 is 11.8 Å². The van der Waals surface area contributed by atoms with Gasteiger partial charge in [-0.25, -0.2) is 0 Å². The molecule has 0 fully saturated rings. The van der Waals surface area contributed by atoms with Crippen LogP contribution in [0.3, 0.4) is 0 Å². The molecule has 1 aliphatic heterocycles. The van der Waals surface area contributed by atoms with Gasteiger partial charge in [-0.1, -0.05) is 53.3 Å². The minimum atomic E-state index is -0.180. The summed E-state index contributed by atoms with van der Waals surface area (Å²) in [5.41, 5.74) is 2.37. The monoisotopic (exact) mass is 331 g/mol. The van der Waals surface area contributed by atoms with E-state index in [4.69, 9.17) is 0 Å². The van der Waals surface area contributed by atoms with Crippen molar-refractivity contribution in [3.8, 4) is 5.75 Å². The van der Waals surface area contributed by atoms with E-state index in [0.29, 0.717) is 10.7 Å². The van der Waals surface area contributed by atoms with Crippen molar-refractivity contribution >= 4 is 23.7 Å². The third kappa shape index (κ3) is 3.99. The molecule has 0 unspecified atom stereocenters. The summed E-state index contributed by atoms with van der Waals surface area (Å²) < 4.78 is 0. The van der Waals surface area contributed by atoms with Gasteiger partial charge in [-0.2, -0.15) is 0 Å². The number of hydrogen-bond acceptors (Lipinski definition) is 3. The van der Waals surface area contributed by atoms with Crippen LogP contribution in [-0.2, 0) is 15.6 Å². The summed E-state index contributed by atoms with van der Waals surface area (Å²) in [4.78, 5) is 12.6. The number of benzene rings is 1. The molecule has 0 saturated carbocycles. The number of amides is 1. The third-order valence-corrected chi connectivity index (χ3v) is 4.58. The molecule has 1 heterocycles. The van der Waals surface area contributed by atoms with Crippen LogP contribution in [0.15, 0.2) is 28.6 Å². The second-order valence-electron chi connectivity index (χ2n) is 7.87. The molecule has 0 radical (unpaired) electrons. The predicted molar refractivity (Wildman–Crippen MR) is 98.4 cm³/mol. The van der Waals surface area contributed by atoms with E-state index in [1.54, 1.807) is 6.20 Å². The third-order valence-electron chi connectivity index (χ3n) is 3.75. The molecule has 0 spiro atoms. The number of hydrogen-bond donors (Lipinski definition) is 2. The number of carbonyl (C=O) groups is 1. The maximum atomic E-state index is 11.9. The van der Waals surface area contributed by atoms with Crippen LogP contribution in [-0.4, -0.2) is 11.0 Å². The second-order valence-corrected chi connectivity index (χ2v) is 8.81. The van der Waals surface area contributed by atoms with Crippen molar-refractivity contribution in [3.05, 3.63) is 45.3 Å². The average Bonchev–Trinajstić information content (AvgIpc) is 2.40.